The van der Waals surface area contributed by atoms with E-state index in [1.807, 2.05) is 24.3 Å². The number of halogens is 1. The Hall–Kier alpha value is -1.85. The fraction of sp³-hybridized carbons (Fsp3) is 0.0714. The normalized spacial score (nSPS) is 11.1. The zero-order chi connectivity index (χ0) is 13.2. The Labute approximate surface area is 113 Å². The molecule has 3 nitrogen and oxygen atoms in total. The van der Waals surface area contributed by atoms with Gasteiger partial charge in [-0.25, -0.2) is 9.37 Å². The van der Waals surface area contributed by atoms with Gasteiger partial charge in [-0.05, 0) is 41.6 Å². The Bertz CT molecular complexity index is 693. The third-order valence-electron chi connectivity index (χ3n) is 2.70. The number of para-hydroxylation sites is 2. The summed E-state index contributed by atoms with van der Waals surface area (Å²) in [5, 5.41) is 0.431. The molecule has 19 heavy (non-hydrogen) atoms. The largest absolute Gasteiger partial charge is 0.431 e. The first kappa shape index (κ1) is 12.2. The van der Waals surface area contributed by atoms with Gasteiger partial charge in [0.1, 0.15) is 11.3 Å². The van der Waals surface area contributed by atoms with Gasteiger partial charge in [0.05, 0.1) is 4.90 Å². The van der Waals surface area contributed by atoms with Crippen LogP contribution in [0.1, 0.15) is 5.56 Å². The predicted molar refractivity (Wildman–Crippen MR) is 72.4 cm³/mol. The predicted octanol–water partition coefficient (Wildman–Crippen LogP) is 3.58. The van der Waals surface area contributed by atoms with E-state index in [-0.39, 0.29) is 5.82 Å². The Morgan fingerprint density at radius 2 is 2.05 bits per heavy atom. The molecule has 0 fully saturated rings. The van der Waals surface area contributed by atoms with Crippen LogP contribution in [0, 0.1) is 5.82 Å². The Kier molecular flexibility index (Phi) is 3.23. The van der Waals surface area contributed by atoms with Gasteiger partial charge in [0.2, 0.25) is 0 Å². The molecule has 96 valence electrons. The lowest BCUT2D eigenvalue weighted by Gasteiger charge is -2.01. The first-order valence-corrected chi connectivity index (χ1v) is 6.60. The number of hydrogen-bond donors (Lipinski definition) is 1. The second-order valence-corrected chi connectivity index (χ2v) is 5.01. The number of rotatable bonds is 3. The van der Waals surface area contributed by atoms with Crippen LogP contribution in [0.5, 0.6) is 0 Å². The molecule has 0 bridgehead atoms. The van der Waals surface area contributed by atoms with Crippen LogP contribution in [0.4, 0.5) is 4.39 Å². The molecule has 2 N–H and O–H groups in total. The molecule has 1 heterocycles. The van der Waals surface area contributed by atoms with Crippen LogP contribution in [0.2, 0.25) is 0 Å². The average Bonchev–Trinajstić information content (AvgIpc) is 2.83. The summed E-state index contributed by atoms with van der Waals surface area (Å²) in [5.41, 5.74) is 7.70. The molecular formula is C14H11FN2OS. The summed E-state index contributed by atoms with van der Waals surface area (Å²) >= 11 is 1.17. The molecular weight excluding hydrogens is 263 g/mol. The quantitative estimate of drug-likeness (QED) is 0.793. The van der Waals surface area contributed by atoms with E-state index in [0.717, 1.165) is 11.1 Å². The first-order chi connectivity index (χ1) is 9.26. The van der Waals surface area contributed by atoms with Crippen molar-refractivity contribution in [2.45, 2.75) is 16.7 Å². The van der Waals surface area contributed by atoms with E-state index in [4.69, 9.17) is 10.2 Å². The molecule has 1 aromatic heterocycles. The van der Waals surface area contributed by atoms with Gasteiger partial charge >= 0.3 is 0 Å². The van der Waals surface area contributed by atoms with Crippen LogP contribution < -0.4 is 5.73 Å². The molecule has 5 heteroatoms. The second kappa shape index (κ2) is 5.03. The third kappa shape index (κ3) is 2.47. The summed E-state index contributed by atoms with van der Waals surface area (Å²) in [4.78, 5) is 4.77. The molecule has 0 atom stereocenters. The van der Waals surface area contributed by atoms with Crippen LogP contribution in [-0.2, 0) is 6.54 Å². The SMILES string of the molecule is NCc1ccc(Sc2nc3ccccc3o2)c(F)c1. The third-order valence-corrected chi connectivity index (χ3v) is 3.60. The van der Waals surface area contributed by atoms with Crippen LogP contribution in [0.25, 0.3) is 11.1 Å². The monoisotopic (exact) mass is 274 g/mol. The number of fused-ring (bicyclic) bond motifs is 1. The van der Waals surface area contributed by atoms with Crippen molar-refractivity contribution < 1.29 is 8.81 Å². The molecule has 0 saturated heterocycles. The minimum atomic E-state index is -0.310. The van der Waals surface area contributed by atoms with Crippen LogP contribution in [-0.4, -0.2) is 4.98 Å². The molecule has 2 aromatic carbocycles. The maximum absolute atomic E-state index is 13.8. The highest BCUT2D eigenvalue weighted by Gasteiger charge is 2.10. The maximum atomic E-state index is 13.8. The molecule has 0 aliphatic rings. The van der Waals surface area contributed by atoms with Crippen molar-refractivity contribution >= 4 is 22.9 Å². The molecule has 0 aliphatic carbocycles. The number of nitrogens with two attached hydrogens (primary N) is 1. The van der Waals surface area contributed by atoms with Crippen LogP contribution in [0.3, 0.4) is 0 Å². The summed E-state index contributed by atoms with van der Waals surface area (Å²) in [6.45, 7) is 0.324. The zero-order valence-electron chi connectivity index (χ0n) is 9.97. The van der Waals surface area contributed by atoms with Gasteiger partial charge in [0.25, 0.3) is 5.22 Å². The van der Waals surface area contributed by atoms with Crippen molar-refractivity contribution in [2.75, 3.05) is 0 Å². The highest BCUT2D eigenvalue weighted by Crippen LogP contribution is 2.31. The zero-order valence-corrected chi connectivity index (χ0v) is 10.8. The van der Waals surface area contributed by atoms with Crippen molar-refractivity contribution in [3.8, 4) is 0 Å². The van der Waals surface area contributed by atoms with Crippen molar-refractivity contribution in [1.82, 2.24) is 4.98 Å². The molecule has 0 radical (unpaired) electrons. The molecule has 0 amide bonds. The smallest absolute Gasteiger partial charge is 0.261 e. The fourth-order valence-corrected chi connectivity index (χ4v) is 2.50. The number of benzene rings is 2. The summed E-state index contributed by atoms with van der Waals surface area (Å²) in [6.07, 6.45) is 0. The lowest BCUT2D eigenvalue weighted by molar-refractivity contribution is 0.488. The molecule has 0 spiro atoms. The molecule has 0 unspecified atom stereocenters. The summed E-state index contributed by atoms with van der Waals surface area (Å²) in [7, 11) is 0. The summed E-state index contributed by atoms with van der Waals surface area (Å²) in [6, 6.07) is 12.4. The van der Waals surface area contributed by atoms with E-state index in [1.54, 1.807) is 12.1 Å². The highest BCUT2D eigenvalue weighted by atomic mass is 32.2. The van der Waals surface area contributed by atoms with Crippen molar-refractivity contribution in [2.24, 2.45) is 5.73 Å². The van der Waals surface area contributed by atoms with Gasteiger partial charge in [-0.2, -0.15) is 0 Å². The fourth-order valence-electron chi connectivity index (χ4n) is 1.74. The van der Waals surface area contributed by atoms with Crippen LogP contribution >= 0.6 is 11.8 Å². The maximum Gasteiger partial charge on any atom is 0.261 e. The summed E-state index contributed by atoms with van der Waals surface area (Å²) in [5.74, 6) is -0.310. The van der Waals surface area contributed by atoms with Crippen molar-refractivity contribution in [3.63, 3.8) is 0 Å². The molecule has 3 aromatic rings. The average molecular weight is 274 g/mol. The number of hydrogen-bond acceptors (Lipinski definition) is 4. The van der Waals surface area contributed by atoms with Gasteiger partial charge in [0.15, 0.2) is 5.58 Å². The molecule has 0 aliphatic heterocycles. The number of aromatic nitrogens is 1. The van der Waals surface area contributed by atoms with E-state index in [1.165, 1.54) is 17.8 Å². The molecule has 3 rings (SSSR count). The standard InChI is InChI=1S/C14H11FN2OS/c15-10-7-9(8-16)5-6-13(10)19-14-17-11-3-1-2-4-12(11)18-14/h1-7H,8,16H2. The minimum Gasteiger partial charge on any atom is -0.431 e. The van der Waals surface area contributed by atoms with E-state index in [9.17, 15) is 4.39 Å². The van der Waals surface area contributed by atoms with E-state index in [2.05, 4.69) is 4.98 Å². The van der Waals surface area contributed by atoms with E-state index < -0.39 is 0 Å². The Balaban J connectivity index is 1.92. The Morgan fingerprint density at radius 1 is 1.21 bits per heavy atom. The van der Waals surface area contributed by atoms with Gasteiger partial charge in [-0.3, -0.25) is 0 Å². The van der Waals surface area contributed by atoms with Crippen molar-refractivity contribution in [1.29, 1.82) is 0 Å². The second-order valence-electron chi connectivity index (χ2n) is 4.02. The number of oxazole rings is 1. The van der Waals surface area contributed by atoms with Gasteiger partial charge in [-0.15, -0.1) is 0 Å². The van der Waals surface area contributed by atoms with Crippen LogP contribution in [0.15, 0.2) is 57.0 Å². The van der Waals surface area contributed by atoms with E-state index in [0.29, 0.717) is 22.2 Å². The van der Waals surface area contributed by atoms with Gasteiger partial charge < -0.3 is 10.2 Å². The molecule has 0 saturated carbocycles. The van der Waals surface area contributed by atoms with Gasteiger partial charge in [-0.1, -0.05) is 18.2 Å². The van der Waals surface area contributed by atoms with Gasteiger partial charge in [0, 0.05) is 6.54 Å². The first-order valence-electron chi connectivity index (χ1n) is 5.78. The number of nitrogens with zero attached hydrogens (tertiary/aromatic N) is 1. The highest BCUT2D eigenvalue weighted by molar-refractivity contribution is 7.99. The minimum absolute atomic E-state index is 0.310. The lowest BCUT2D eigenvalue weighted by Crippen LogP contribution is -1.96. The van der Waals surface area contributed by atoms with E-state index >= 15 is 0 Å². The summed E-state index contributed by atoms with van der Waals surface area (Å²) < 4.78 is 19.4. The van der Waals surface area contributed by atoms with Crippen molar-refractivity contribution in [3.05, 3.63) is 53.8 Å². The Morgan fingerprint density at radius 3 is 2.79 bits per heavy atom. The topological polar surface area (TPSA) is 52.0 Å². The lowest BCUT2D eigenvalue weighted by atomic mass is 10.2.